The first-order chi connectivity index (χ1) is 4.43. The van der Waals surface area contributed by atoms with Crippen LogP contribution in [0.15, 0.2) is 0 Å². The van der Waals surface area contributed by atoms with Crippen molar-refractivity contribution < 1.29 is 4.74 Å². The summed E-state index contributed by atoms with van der Waals surface area (Å²) in [6.45, 7) is 0.928. The number of ether oxygens (including phenoxy) is 1. The van der Waals surface area contributed by atoms with Gasteiger partial charge < -0.3 is 4.74 Å². The Morgan fingerprint density at radius 1 is 1.67 bits per heavy atom. The number of halogens is 1. The maximum Gasteiger partial charge on any atom is 0.103 e. The summed E-state index contributed by atoms with van der Waals surface area (Å²) in [7, 11) is 0. The van der Waals surface area contributed by atoms with Crippen molar-refractivity contribution in [3.8, 4) is 0 Å². The summed E-state index contributed by atoms with van der Waals surface area (Å²) in [5, 5.41) is 0. The average Bonchev–Trinajstić information content (AvgIpc) is 2.34. The van der Waals surface area contributed by atoms with Crippen LogP contribution in [0.2, 0.25) is 0 Å². The third-order valence-electron chi connectivity index (χ3n) is 1.26. The molecule has 0 N–H and O–H groups in total. The van der Waals surface area contributed by atoms with E-state index >= 15 is 0 Å². The highest BCUT2D eigenvalue weighted by molar-refractivity contribution is 7.99. The van der Waals surface area contributed by atoms with Crippen LogP contribution in [0.1, 0.15) is 12.8 Å². The number of hydrogen-bond acceptors (Lipinski definition) is 2. The van der Waals surface area contributed by atoms with Crippen molar-refractivity contribution in [1.82, 2.24) is 0 Å². The molecule has 0 radical (unpaired) electrons. The highest BCUT2D eigenvalue weighted by atomic mass is 35.5. The molecule has 0 amide bonds. The van der Waals surface area contributed by atoms with Crippen molar-refractivity contribution in [2.75, 3.05) is 18.2 Å². The van der Waals surface area contributed by atoms with Gasteiger partial charge in [-0.3, -0.25) is 0 Å². The lowest BCUT2D eigenvalue weighted by atomic mass is 10.3. The van der Waals surface area contributed by atoms with Gasteiger partial charge in [0, 0.05) is 11.6 Å². The van der Waals surface area contributed by atoms with Crippen LogP contribution >= 0.6 is 23.4 Å². The minimum absolute atomic E-state index is 0.448. The van der Waals surface area contributed by atoms with Crippen LogP contribution in [-0.4, -0.2) is 23.7 Å². The molecule has 1 rings (SSSR count). The molecule has 0 saturated carbocycles. The molecule has 3 heteroatoms. The Morgan fingerprint density at radius 3 is 3.11 bits per heavy atom. The van der Waals surface area contributed by atoms with E-state index < -0.39 is 0 Å². The lowest BCUT2D eigenvalue weighted by molar-refractivity contribution is 0.137. The second-order valence-electron chi connectivity index (χ2n) is 2.00. The van der Waals surface area contributed by atoms with Gasteiger partial charge in [0.15, 0.2) is 0 Å². The minimum Gasteiger partial charge on any atom is -0.367 e. The molecule has 1 nitrogen and oxygen atoms in total. The van der Waals surface area contributed by atoms with Crippen LogP contribution in [-0.2, 0) is 4.74 Å². The fraction of sp³-hybridized carbons (Fsp3) is 1.00. The first-order valence-corrected chi connectivity index (χ1v) is 4.81. The Labute approximate surface area is 65.1 Å². The van der Waals surface area contributed by atoms with Crippen molar-refractivity contribution in [3.05, 3.63) is 0 Å². The molecule has 1 aliphatic rings. The van der Waals surface area contributed by atoms with Crippen molar-refractivity contribution >= 4 is 23.4 Å². The van der Waals surface area contributed by atoms with Gasteiger partial charge in [-0.05, 0) is 12.8 Å². The Balaban J connectivity index is 1.98. The van der Waals surface area contributed by atoms with E-state index in [-0.39, 0.29) is 0 Å². The summed E-state index contributed by atoms with van der Waals surface area (Å²) >= 11 is 7.42. The van der Waals surface area contributed by atoms with Crippen molar-refractivity contribution in [2.45, 2.75) is 18.3 Å². The van der Waals surface area contributed by atoms with E-state index in [0.717, 1.165) is 31.1 Å². The van der Waals surface area contributed by atoms with Gasteiger partial charge in [-0.2, -0.15) is 0 Å². The van der Waals surface area contributed by atoms with Crippen molar-refractivity contribution in [1.29, 1.82) is 0 Å². The van der Waals surface area contributed by atoms with E-state index in [4.69, 9.17) is 16.3 Å². The van der Waals surface area contributed by atoms with Gasteiger partial charge in [0.1, 0.15) is 5.44 Å². The topological polar surface area (TPSA) is 9.23 Å². The molecule has 0 bridgehead atoms. The smallest absolute Gasteiger partial charge is 0.103 e. The fourth-order valence-electron chi connectivity index (χ4n) is 0.818. The largest absolute Gasteiger partial charge is 0.367 e. The molecular weight excluding hydrogens is 156 g/mol. The SMILES string of the molecule is ClCCCC1OCCS1. The highest BCUT2D eigenvalue weighted by Gasteiger charge is 2.14. The Hall–Kier alpha value is 0.600. The molecule has 1 aliphatic heterocycles. The van der Waals surface area contributed by atoms with Crippen molar-refractivity contribution in [3.63, 3.8) is 0 Å². The molecule has 1 atom stereocenters. The molecule has 0 aromatic rings. The minimum atomic E-state index is 0.448. The number of alkyl halides is 1. The zero-order valence-electron chi connectivity index (χ0n) is 5.31. The highest BCUT2D eigenvalue weighted by Crippen LogP contribution is 2.23. The molecule has 54 valence electrons. The number of hydrogen-bond donors (Lipinski definition) is 0. The predicted molar refractivity (Wildman–Crippen MR) is 42.2 cm³/mol. The zero-order chi connectivity index (χ0) is 6.53. The van der Waals surface area contributed by atoms with E-state index in [1.54, 1.807) is 0 Å². The molecule has 1 heterocycles. The number of rotatable bonds is 3. The molecular formula is C6H11ClOS. The van der Waals surface area contributed by atoms with E-state index in [1.165, 1.54) is 0 Å². The van der Waals surface area contributed by atoms with E-state index in [0.29, 0.717) is 5.44 Å². The molecule has 1 saturated heterocycles. The monoisotopic (exact) mass is 166 g/mol. The molecule has 0 aliphatic carbocycles. The summed E-state index contributed by atoms with van der Waals surface area (Å²) in [5.74, 6) is 1.92. The molecule has 1 fully saturated rings. The summed E-state index contributed by atoms with van der Waals surface area (Å²) in [5.41, 5.74) is 0.448. The third kappa shape index (κ3) is 2.78. The van der Waals surface area contributed by atoms with Crippen LogP contribution in [0, 0.1) is 0 Å². The van der Waals surface area contributed by atoms with Gasteiger partial charge in [-0.15, -0.1) is 23.4 Å². The lowest BCUT2D eigenvalue weighted by Crippen LogP contribution is -2.00. The first kappa shape index (κ1) is 7.70. The van der Waals surface area contributed by atoms with Crippen LogP contribution < -0.4 is 0 Å². The summed E-state index contributed by atoms with van der Waals surface area (Å²) in [6, 6.07) is 0. The standard InChI is InChI=1S/C6H11ClOS/c7-3-1-2-6-8-4-5-9-6/h6H,1-5H2. The zero-order valence-corrected chi connectivity index (χ0v) is 6.88. The van der Waals surface area contributed by atoms with Crippen molar-refractivity contribution in [2.24, 2.45) is 0 Å². The Morgan fingerprint density at radius 2 is 2.56 bits per heavy atom. The molecule has 9 heavy (non-hydrogen) atoms. The fourth-order valence-corrected chi connectivity index (χ4v) is 1.95. The molecule has 0 aromatic heterocycles. The van der Waals surface area contributed by atoms with Gasteiger partial charge in [0.2, 0.25) is 0 Å². The van der Waals surface area contributed by atoms with Gasteiger partial charge in [0.25, 0.3) is 0 Å². The summed E-state index contributed by atoms with van der Waals surface area (Å²) in [4.78, 5) is 0. The van der Waals surface area contributed by atoms with Gasteiger partial charge in [-0.25, -0.2) is 0 Å². The van der Waals surface area contributed by atoms with Gasteiger partial charge in [-0.1, -0.05) is 0 Å². The van der Waals surface area contributed by atoms with Crippen LogP contribution in [0.25, 0.3) is 0 Å². The predicted octanol–water partition coefficient (Wildman–Crippen LogP) is 2.09. The Bertz CT molecular complexity index is 73.5. The molecule has 0 spiro atoms. The maximum atomic E-state index is 5.52. The normalized spacial score (nSPS) is 27.0. The summed E-state index contributed by atoms with van der Waals surface area (Å²) < 4.78 is 5.36. The van der Waals surface area contributed by atoms with Crippen LogP contribution in [0.5, 0.6) is 0 Å². The van der Waals surface area contributed by atoms with Gasteiger partial charge >= 0.3 is 0 Å². The second kappa shape index (κ2) is 4.42. The quantitative estimate of drug-likeness (QED) is 0.594. The van der Waals surface area contributed by atoms with Gasteiger partial charge in [0.05, 0.1) is 6.61 Å². The van der Waals surface area contributed by atoms with E-state index in [1.807, 2.05) is 11.8 Å². The summed E-state index contributed by atoms with van der Waals surface area (Å²) in [6.07, 6.45) is 2.20. The van der Waals surface area contributed by atoms with E-state index in [2.05, 4.69) is 0 Å². The molecule has 1 unspecified atom stereocenters. The average molecular weight is 167 g/mol. The first-order valence-electron chi connectivity index (χ1n) is 3.22. The maximum absolute atomic E-state index is 5.52. The lowest BCUT2D eigenvalue weighted by Gasteiger charge is -2.04. The second-order valence-corrected chi connectivity index (χ2v) is 3.65. The Kier molecular flexibility index (Phi) is 3.78. The third-order valence-corrected chi connectivity index (χ3v) is 2.68. The van der Waals surface area contributed by atoms with Crippen LogP contribution in [0.3, 0.4) is 0 Å². The van der Waals surface area contributed by atoms with Crippen LogP contribution in [0.4, 0.5) is 0 Å². The number of thioether (sulfide) groups is 1. The van der Waals surface area contributed by atoms with E-state index in [9.17, 15) is 0 Å². The molecule has 0 aromatic carbocycles.